The molecule has 1 saturated carbocycles. The van der Waals surface area contributed by atoms with Gasteiger partial charge < -0.3 is 10.6 Å². The lowest BCUT2D eigenvalue weighted by Crippen LogP contribution is -2.38. The van der Waals surface area contributed by atoms with Gasteiger partial charge in [-0.3, -0.25) is 24.5 Å². The predicted octanol–water partition coefficient (Wildman–Crippen LogP) is 1.98. The van der Waals surface area contributed by atoms with Gasteiger partial charge in [0.05, 0.1) is 22.4 Å². The van der Waals surface area contributed by atoms with Gasteiger partial charge in [0.1, 0.15) is 5.69 Å². The largest absolute Gasteiger partial charge is 0.369 e. The molecule has 0 aromatic heterocycles. The number of nitrogens with two attached hydrogens (primary N) is 1. The topological polar surface area (TPSA) is 127 Å². The molecule has 2 N–H and O–H groups in total. The van der Waals surface area contributed by atoms with Crippen LogP contribution in [0.15, 0.2) is 18.2 Å². The Morgan fingerprint density at radius 2 is 1.62 bits per heavy atom. The van der Waals surface area contributed by atoms with Gasteiger partial charge in [-0.1, -0.05) is 12.8 Å². The Kier molecular flexibility index (Phi) is 4.97. The van der Waals surface area contributed by atoms with Crippen molar-refractivity contribution in [3.8, 4) is 0 Å². The van der Waals surface area contributed by atoms with E-state index >= 15 is 0 Å². The molecule has 1 aromatic rings. The van der Waals surface area contributed by atoms with Gasteiger partial charge in [0, 0.05) is 25.1 Å². The molecule has 1 aromatic carbocycles. The van der Waals surface area contributed by atoms with Crippen LogP contribution in [0.3, 0.4) is 0 Å². The van der Waals surface area contributed by atoms with Crippen LogP contribution < -0.4 is 15.5 Å². The molecule has 0 spiro atoms. The highest BCUT2D eigenvalue weighted by atomic mass is 16.6. The van der Waals surface area contributed by atoms with Gasteiger partial charge in [-0.15, -0.1) is 0 Å². The van der Waals surface area contributed by atoms with Crippen LogP contribution in [0.5, 0.6) is 0 Å². The van der Waals surface area contributed by atoms with E-state index in [-0.39, 0.29) is 46.9 Å². The molecule has 154 valence electrons. The summed E-state index contributed by atoms with van der Waals surface area (Å²) in [6, 6.07) is 4.53. The average molecular weight is 400 g/mol. The second-order valence-electron chi connectivity index (χ2n) is 8.10. The lowest BCUT2D eigenvalue weighted by Gasteiger charge is -2.32. The first-order valence-electron chi connectivity index (χ1n) is 10.1. The normalized spacial score (nSPS) is 25.2. The monoisotopic (exact) mass is 400 g/mol. The Hall–Kier alpha value is -2.97. The molecule has 2 heterocycles. The number of nitro benzene ring substituents is 1. The van der Waals surface area contributed by atoms with Crippen molar-refractivity contribution in [2.75, 3.05) is 22.9 Å². The molecule has 4 rings (SSSR count). The Balaban J connectivity index is 1.62. The number of hydrogen-bond acceptors (Lipinski definition) is 6. The van der Waals surface area contributed by atoms with E-state index in [1.807, 2.05) is 4.90 Å². The first kappa shape index (κ1) is 19.4. The van der Waals surface area contributed by atoms with Gasteiger partial charge in [0.2, 0.25) is 17.7 Å². The third-order valence-corrected chi connectivity index (χ3v) is 6.49. The molecule has 29 heavy (non-hydrogen) atoms. The zero-order chi connectivity index (χ0) is 20.7. The molecular weight excluding hydrogens is 376 g/mol. The summed E-state index contributed by atoms with van der Waals surface area (Å²) in [5.41, 5.74) is 5.91. The van der Waals surface area contributed by atoms with Gasteiger partial charge in [-0.2, -0.15) is 0 Å². The molecule has 0 bridgehead atoms. The maximum absolute atomic E-state index is 12.8. The summed E-state index contributed by atoms with van der Waals surface area (Å²) in [5.74, 6) is -1.66. The SMILES string of the molecule is NC(=O)C1CCN(c2ccc(N3C(=O)[C@H]4CCCC[C@@H]4C3=O)cc2[N+](=O)[O-])CC1. The smallest absolute Gasteiger partial charge is 0.294 e. The van der Waals surface area contributed by atoms with E-state index in [2.05, 4.69) is 0 Å². The summed E-state index contributed by atoms with van der Waals surface area (Å²) >= 11 is 0. The van der Waals surface area contributed by atoms with Crippen molar-refractivity contribution in [1.29, 1.82) is 0 Å². The summed E-state index contributed by atoms with van der Waals surface area (Å²) in [7, 11) is 0. The van der Waals surface area contributed by atoms with Crippen molar-refractivity contribution in [1.82, 2.24) is 0 Å². The van der Waals surface area contributed by atoms with Gasteiger partial charge in [-0.05, 0) is 37.8 Å². The minimum absolute atomic E-state index is 0.143. The van der Waals surface area contributed by atoms with E-state index < -0.39 is 4.92 Å². The van der Waals surface area contributed by atoms with Crippen LogP contribution in [0.4, 0.5) is 17.1 Å². The highest BCUT2D eigenvalue weighted by Crippen LogP contribution is 2.42. The van der Waals surface area contributed by atoms with Crippen LogP contribution in [0.2, 0.25) is 0 Å². The molecule has 0 unspecified atom stereocenters. The Bertz CT molecular complexity index is 854. The zero-order valence-electron chi connectivity index (χ0n) is 16.1. The van der Waals surface area contributed by atoms with Gasteiger partial charge in [-0.25, -0.2) is 4.90 Å². The van der Waals surface area contributed by atoms with Crippen LogP contribution in [0.1, 0.15) is 38.5 Å². The predicted molar refractivity (Wildman–Crippen MR) is 105 cm³/mol. The summed E-state index contributed by atoms with van der Waals surface area (Å²) in [4.78, 5) is 51.2. The van der Waals surface area contributed by atoms with Gasteiger partial charge in [0.25, 0.3) is 5.69 Å². The van der Waals surface area contributed by atoms with Crippen molar-refractivity contribution in [2.45, 2.75) is 38.5 Å². The minimum atomic E-state index is -0.489. The van der Waals surface area contributed by atoms with Crippen molar-refractivity contribution in [3.63, 3.8) is 0 Å². The number of nitrogens with zero attached hydrogens (tertiary/aromatic N) is 3. The molecule has 2 atom stereocenters. The molecule has 9 heteroatoms. The van der Waals surface area contributed by atoms with Crippen molar-refractivity contribution in [2.24, 2.45) is 23.5 Å². The molecule has 3 fully saturated rings. The summed E-state index contributed by atoms with van der Waals surface area (Å²) in [6.07, 6.45) is 4.32. The minimum Gasteiger partial charge on any atom is -0.369 e. The highest BCUT2D eigenvalue weighted by molar-refractivity contribution is 6.22. The van der Waals surface area contributed by atoms with Gasteiger partial charge >= 0.3 is 0 Å². The Morgan fingerprint density at radius 3 is 2.14 bits per heavy atom. The number of carbonyl (C=O) groups is 3. The number of carbonyl (C=O) groups excluding carboxylic acids is 3. The number of primary amides is 1. The molecule has 2 saturated heterocycles. The lowest BCUT2D eigenvalue weighted by atomic mass is 9.81. The molecule has 9 nitrogen and oxygen atoms in total. The Morgan fingerprint density at radius 1 is 1.03 bits per heavy atom. The van der Waals surface area contributed by atoms with E-state index in [9.17, 15) is 24.5 Å². The van der Waals surface area contributed by atoms with Crippen LogP contribution >= 0.6 is 0 Å². The number of piperidine rings is 1. The average Bonchev–Trinajstić information content (AvgIpc) is 2.98. The number of rotatable bonds is 4. The molecular formula is C20H24N4O5. The number of anilines is 2. The standard InChI is InChI=1S/C20H24N4O5/c21-18(25)12-7-9-22(10-8-12)16-6-5-13(11-17(16)24(28)29)23-19(26)14-3-1-2-4-15(14)20(23)27/h5-6,11-12,14-15H,1-4,7-10H2,(H2,21,25)/t14-,15-/m0/s1. The molecule has 2 aliphatic heterocycles. The quantitative estimate of drug-likeness (QED) is 0.468. The fourth-order valence-electron chi connectivity index (χ4n) is 4.89. The molecule has 3 aliphatic rings. The number of imide groups is 1. The number of fused-ring (bicyclic) bond motifs is 1. The van der Waals surface area contributed by atoms with Crippen molar-refractivity contribution in [3.05, 3.63) is 28.3 Å². The number of hydrogen-bond donors (Lipinski definition) is 1. The van der Waals surface area contributed by atoms with Crippen molar-refractivity contribution >= 4 is 34.8 Å². The fourth-order valence-corrected chi connectivity index (χ4v) is 4.89. The van der Waals surface area contributed by atoms with E-state index in [1.165, 1.54) is 6.07 Å². The van der Waals surface area contributed by atoms with Crippen LogP contribution in [-0.2, 0) is 14.4 Å². The number of nitro groups is 1. The van der Waals surface area contributed by atoms with E-state index in [4.69, 9.17) is 5.73 Å². The van der Waals surface area contributed by atoms with Crippen LogP contribution in [-0.4, -0.2) is 35.7 Å². The molecule has 3 amide bonds. The second-order valence-corrected chi connectivity index (χ2v) is 8.10. The zero-order valence-corrected chi connectivity index (χ0v) is 16.1. The highest BCUT2D eigenvalue weighted by Gasteiger charge is 2.49. The lowest BCUT2D eigenvalue weighted by molar-refractivity contribution is -0.384. The fraction of sp³-hybridized carbons (Fsp3) is 0.550. The summed E-state index contributed by atoms with van der Waals surface area (Å²) in [5, 5.41) is 11.7. The number of amides is 3. The van der Waals surface area contributed by atoms with E-state index in [0.29, 0.717) is 44.5 Å². The van der Waals surface area contributed by atoms with E-state index in [0.717, 1.165) is 17.7 Å². The first-order chi connectivity index (χ1) is 13.9. The second kappa shape index (κ2) is 7.46. The third kappa shape index (κ3) is 3.34. The van der Waals surface area contributed by atoms with Crippen molar-refractivity contribution < 1.29 is 19.3 Å². The Labute approximate surface area is 168 Å². The molecule has 0 radical (unpaired) electrons. The number of benzene rings is 1. The maximum Gasteiger partial charge on any atom is 0.294 e. The summed E-state index contributed by atoms with van der Waals surface area (Å²) < 4.78 is 0. The van der Waals surface area contributed by atoms with Crippen LogP contribution in [0.25, 0.3) is 0 Å². The van der Waals surface area contributed by atoms with Crippen LogP contribution in [0, 0.1) is 27.9 Å². The first-order valence-corrected chi connectivity index (χ1v) is 10.1. The third-order valence-electron chi connectivity index (χ3n) is 6.49. The van der Waals surface area contributed by atoms with Gasteiger partial charge in [0.15, 0.2) is 0 Å². The van der Waals surface area contributed by atoms with E-state index in [1.54, 1.807) is 12.1 Å². The maximum atomic E-state index is 12.8. The summed E-state index contributed by atoms with van der Waals surface area (Å²) in [6.45, 7) is 0.971. The molecule has 1 aliphatic carbocycles.